The van der Waals surface area contributed by atoms with Gasteiger partial charge in [0, 0.05) is 0 Å². The predicted molar refractivity (Wildman–Crippen MR) is 87.3 cm³/mol. The Balaban J connectivity index is 0.00000180. The molecule has 0 amide bonds. The van der Waals surface area contributed by atoms with Crippen molar-refractivity contribution in [3.05, 3.63) is 51.6 Å². The molecule has 0 radical (unpaired) electrons. The van der Waals surface area contributed by atoms with Gasteiger partial charge in [-0.25, -0.2) is 0 Å². The minimum absolute atomic E-state index is 0. The Labute approximate surface area is 132 Å². The van der Waals surface area contributed by atoms with Gasteiger partial charge < -0.3 is 15.6 Å². The molecule has 0 atom stereocenters. The summed E-state index contributed by atoms with van der Waals surface area (Å²) in [6.07, 6.45) is 0.871. The van der Waals surface area contributed by atoms with E-state index in [0.29, 0.717) is 12.3 Å². The van der Waals surface area contributed by atoms with Crippen molar-refractivity contribution >= 4 is 35.0 Å². The van der Waals surface area contributed by atoms with Gasteiger partial charge >= 0.3 is 0 Å². The van der Waals surface area contributed by atoms with Crippen molar-refractivity contribution in [3.8, 4) is 17.2 Å². The van der Waals surface area contributed by atoms with Crippen LogP contribution in [-0.2, 0) is 6.42 Å². The summed E-state index contributed by atoms with van der Waals surface area (Å²) >= 11 is 2.24. The molecule has 102 valence electrons. The standard InChI is InChI=1S/C14H14INO2.ClH/c15-13-9-10(7-8-16)1-6-14(13)18-12-4-2-11(17)3-5-12;/h1-6,9,17H,7-8,16H2;1H/i15-2;. The van der Waals surface area contributed by atoms with Gasteiger partial charge in [-0.2, -0.15) is 0 Å². The molecule has 0 spiro atoms. The summed E-state index contributed by atoms with van der Waals surface area (Å²) in [4.78, 5) is 0. The molecular formula is C14H15ClINO2. The summed E-state index contributed by atoms with van der Waals surface area (Å²) < 4.78 is 6.80. The third kappa shape index (κ3) is 4.56. The summed E-state index contributed by atoms with van der Waals surface area (Å²) in [6.45, 7) is 0.647. The average Bonchev–Trinajstić information content (AvgIpc) is 2.36. The van der Waals surface area contributed by atoms with Crippen molar-refractivity contribution in [2.24, 2.45) is 5.73 Å². The number of phenols is 1. The fraction of sp³-hybridized carbons (Fsp3) is 0.143. The van der Waals surface area contributed by atoms with Crippen molar-refractivity contribution in [2.45, 2.75) is 6.42 Å². The number of aromatic hydroxyl groups is 1. The molecular weight excluding hydrogens is 375 g/mol. The lowest BCUT2D eigenvalue weighted by molar-refractivity contribution is 0.463. The van der Waals surface area contributed by atoms with Crippen molar-refractivity contribution in [1.29, 1.82) is 0 Å². The van der Waals surface area contributed by atoms with E-state index >= 15 is 0 Å². The summed E-state index contributed by atoms with van der Waals surface area (Å²) in [6, 6.07) is 12.7. The number of rotatable bonds is 4. The molecule has 3 nitrogen and oxygen atoms in total. The lowest BCUT2D eigenvalue weighted by Crippen LogP contribution is -2.02. The van der Waals surface area contributed by atoms with E-state index in [4.69, 9.17) is 10.5 Å². The Hall–Kier alpha value is -0.980. The van der Waals surface area contributed by atoms with Crippen LogP contribution >= 0.6 is 35.0 Å². The topological polar surface area (TPSA) is 55.5 Å². The van der Waals surface area contributed by atoms with Crippen LogP contribution in [0.1, 0.15) is 5.56 Å². The first kappa shape index (κ1) is 16.1. The van der Waals surface area contributed by atoms with E-state index < -0.39 is 0 Å². The van der Waals surface area contributed by atoms with E-state index in [1.165, 1.54) is 5.56 Å². The monoisotopic (exact) mass is 389 g/mol. The number of benzene rings is 2. The molecule has 0 aliphatic carbocycles. The number of phenolic OH excluding ortho intramolecular Hbond substituents is 1. The van der Waals surface area contributed by atoms with Gasteiger partial charge in [-0.15, -0.1) is 12.4 Å². The molecule has 0 aliphatic heterocycles. The van der Waals surface area contributed by atoms with E-state index in [0.717, 1.165) is 15.7 Å². The molecule has 2 rings (SSSR count). The van der Waals surface area contributed by atoms with Crippen LogP contribution in [0.3, 0.4) is 0 Å². The van der Waals surface area contributed by atoms with Crippen LogP contribution in [0.4, 0.5) is 0 Å². The first-order valence-corrected chi connectivity index (χ1v) is 6.72. The second-order valence-corrected chi connectivity index (χ2v) is 5.06. The van der Waals surface area contributed by atoms with Crippen molar-refractivity contribution in [3.63, 3.8) is 0 Å². The molecule has 3 N–H and O–H groups in total. The first-order valence-electron chi connectivity index (χ1n) is 5.64. The van der Waals surface area contributed by atoms with Crippen LogP contribution in [-0.4, -0.2) is 11.7 Å². The fourth-order valence-corrected chi connectivity index (χ4v) is 2.28. The van der Waals surface area contributed by atoms with Gasteiger partial charge in [0.25, 0.3) is 0 Å². The summed E-state index contributed by atoms with van der Waals surface area (Å²) in [5, 5.41) is 9.20. The molecule has 0 bridgehead atoms. The summed E-state index contributed by atoms with van der Waals surface area (Å²) in [5.41, 5.74) is 6.74. The molecule has 0 fully saturated rings. The predicted octanol–water partition coefficient (Wildman–Crippen LogP) is 3.71. The molecule has 5 heteroatoms. The van der Waals surface area contributed by atoms with Gasteiger partial charge in [0.15, 0.2) is 0 Å². The van der Waals surface area contributed by atoms with Gasteiger partial charge in [-0.3, -0.25) is 0 Å². The largest absolute Gasteiger partial charge is 0.508 e. The molecule has 0 heterocycles. The van der Waals surface area contributed by atoms with E-state index in [-0.39, 0.29) is 18.2 Å². The Morgan fingerprint density at radius 2 is 1.79 bits per heavy atom. The van der Waals surface area contributed by atoms with E-state index in [1.807, 2.05) is 12.1 Å². The number of nitrogens with two attached hydrogens (primary N) is 1. The highest BCUT2D eigenvalue weighted by molar-refractivity contribution is 14.1. The number of ether oxygens (including phenoxy) is 1. The van der Waals surface area contributed by atoms with Crippen LogP contribution < -0.4 is 10.5 Å². The molecule has 0 aromatic heterocycles. The second kappa shape index (κ2) is 7.57. The van der Waals surface area contributed by atoms with Gasteiger partial charge in [-0.05, 0) is 77.5 Å². The second-order valence-electron chi connectivity index (χ2n) is 3.90. The SMILES string of the molecule is Cl.NCCc1ccc(Oc2ccc(O)cc2)c([125I])c1. The Morgan fingerprint density at radius 1 is 1.11 bits per heavy atom. The summed E-state index contributed by atoms with van der Waals surface area (Å²) in [7, 11) is 0. The quantitative estimate of drug-likeness (QED) is 0.784. The lowest BCUT2D eigenvalue weighted by Gasteiger charge is -2.09. The van der Waals surface area contributed by atoms with Crippen molar-refractivity contribution < 1.29 is 9.84 Å². The number of hydrogen-bond donors (Lipinski definition) is 2. The highest BCUT2D eigenvalue weighted by Gasteiger charge is 2.04. The fourth-order valence-electron chi connectivity index (χ4n) is 1.59. The molecule has 0 saturated carbocycles. The normalized spacial score (nSPS) is 9.79. The van der Waals surface area contributed by atoms with E-state index in [9.17, 15) is 5.11 Å². The maximum Gasteiger partial charge on any atom is 0.140 e. The van der Waals surface area contributed by atoms with Crippen LogP contribution in [0, 0.1) is 3.57 Å². The van der Waals surface area contributed by atoms with Crippen LogP contribution in [0.25, 0.3) is 0 Å². The lowest BCUT2D eigenvalue weighted by atomic mass is 10.1. The first-order chi connectivity index (χ1) is 8.69. The zero-order valence-electron chi connectivity index (χ0n) is 10.2. The van der Waals surface area contributed by atoms with Crippen LogP contribution in [0.2, 0.25) is 0 Å². The van der Waals surface area contributed by atoms with E-state index in [1.54, 1.807) is 24.3 Å². The van der Waals surface area contributed by atoms with Crippen LogP contribution in [0.5, 0.6) is 17.2 Å². The number of hydrogen-bond acceptors (Lipinski definition) is 3. The highest BCUT2D eigenvalue weighted by Crippen LogP contribution is 2.28. The molecule has 19 heavy (non-hydrogen) atoms. The average molecular weight is 390 g/mol. The minimum atomic E-state index is 0. The Bertz CT molecular complexity index is 531. The van der Waals surface area contributed by atoms with Gasteiger partial charge in [0.1, 0.15) is 17.2 Å². The molecule has 2 aromatic carbocycles. The zero-order valence-corrected chi connectivity index (χ0v) is 13.1. The minimum Gasteiger partial charge on any atom is -0.508 e. The van der Waals surface area contributed by atoms with Gasteiger partial charge in [0.05, 0.1) is 3.57 Å². The summed E-state index contributed by atoms with van der Waals surface area (Å²) in [5.74, 6) is 1.75. The molecule has 2 aromatic rings. The van der Waals surface area contributed by atoms with E-state index in [2.05, 4.69) is 28.7 Å². The van der Waals surface area contributed by atoms with Crippen molar-refractivity contribution in [1.82, 2.24) is 0 Å². The molecule has 0 aliphatic rings. The maximum absolute atomic E-state index is 9.20. The third-order valence-corrected chi connectivity index (χ3v) is 3.34. The van der Waals surface area contributed by atoms with Gasteiger partial charge in [-0.1, -0.05) is 6.07 Å². The Morgan fingerprint density at radius 3 is 2.37 bits per heavy atom. The Kier molecular flexibility index (Phi) is 6.41. The van der Waals surface area contributed by atoms with Crippen molar-refractivity contribution in [2.75, 3.05) is 6.54 Å². The zero-order chi connectivity index (χ0) is 13.0. The van der Waals surface area contributed by atoms with Gasteiger partial charge in [0.2, 0.25) is 0 Å². The number of halogens is 2. The van der Waals surface area contributed by atoms with Crippen LogP contribution in [0.15, 0.2) is 42.5 Å². The molecule has 0 saturated heterocycles. The smallest absolute Gasteiger partial charge is 0.140 e. The maximum atomic E-state index is 9.20. The molecule has 0 unspecified atom stereocenters. The highest BCUT2D eigenvalue weighted by atomic mass is 125. The third-order valence-electron chi connectivity index (χ3n) is 2.49.